The van der Waals surface area contributed by atoms with Crippen molar-refractivity contribution in [1.82, 2.24) is 10.2 Å². The summed E-state index contributed by atoms with van der Waals surface area (Å²) in [6.07, 6.45) is 0.0154. The number of benzene rings is 1. The molecule has 0 aliphatic carbocycles. The van der Waals surface area contributed by atoms with E-state index in [1.807, 2.05) is 30.3 Å². The molecule has 0 radical (unpaired) electrons. The van der Waals surface area contributed by atoms with Gasteiger partial charge in [0.1, 0.15) is 11.6 Å². The molecule has 1 aromatic heterocycles. The van der Waals surface area contributed by atoms with Crippen LogP contribution in [0, 0.1) is 11.3 Å². The number of esters is 1. The molecule has 2 heterocycles. The number of nitrogens with one attached hydrogen (secondary N) is 1. The number of aromatic amines is 1. The Kier molecular flexibility index (Phi) is 4.20. The summed E-state index contributed by atoms with van der Waals surface area (Å²) >= 11 is 0. The van der Waals surface area contributed by atoms with Gasteiger partial charge in [0.25, 0.3) is 0 Å². The number of nitrogens with two attached hydrogens (primary N) is 1. The smallest absolute Gasteiger partial charge is 0.311 e. The third-order valence-electron chi connectivity index (χ3n) is 3.78. The summed E-state index contributed by atoms with van der Waals surface area (Å²) in [4.78, 5) is 11.8. The zero-order valence-corrected chi connectivity index (χ0v) is 13.1. The Morgan fingerprint density at radius 2 is 2.21 bits per heavy atom. The predicted octanol–water partition coefficient (Wildman–Crippen LogP) is 1.73. The van der Waals surface area contributed by atoms with E-state index in [-0.39, 0.29) is 24.2 Å². The fourth-order valence-electron chi connectivity index (χ4n) is 2.78. The maximum Gasteiger partial charge on any atom is 0.311 e. The Bertz CT molecular complexity index is 833. The highest BCUT2D eigenvalue weighted by atomic mass is 16.5. The second kappa shape index (κ2) is 6.46. The third kappa shape index (κ3) is 2.70. The van der Waals surface area contributed by atoms with E-state index in [2.05, 4.69) is 16.3 Å². The van der Waals surface area contributed by atoms with Crippen molar-refractivity contribution in [1.29, 1.82) is 5.26 Å². The fourth-order valence-corrected chi connectivity index (χ4v) is 2.78. The second-order valence-corrected chi connectivity index (χ2v) is 5.24. The van der Waals surface area contributed by atoms with E-state index in [0.717, 1.165) is 5.56 Å². The van der Waals surface area contributed by atoms with Crippen molar-refractivity contribution in [3.63, 3.8) is 0 Å². The van der Waals surface area contributed by atoms with Crippen molar-refractivity contribution in [2.45, 2.75) is 19.3 Å². The van der Waals surface area contributed by atoms with Gasteiger partial charge in [-0.25, -0.2) is 0 Å². The van der Waals surface area contributed by atoms with Crippen LogP contribution < -0.4 is 10.5 Å². The van der Waals surface area contributed by atoms with E-state index in [4.69, 9.17) is 15.2 Å². The predicted molar refractivity (Wildman–Crippen MR) is 84.7 cm³/mol. The van der Waals surface area contributed by atoms with Crippen LogP contribution in [0.1, 0.15) is 29.7 Å². The van der Waals surface area contributed by atoms with Gasteiger partial charge in [0, 0.05) is 0 Å². The van der Waals surface area contributed by atoms with Crippen LogP contribution in [0.15, 0.2) is 41.8 Å². The van der Waals surface area contributed by atoms with Gasteiger partial charge in [0.15, 0.2) is 0 Å². The van der Waals surface area contributed by atoms with Crippen molar-refractivity contribution in [2.24, 2.45) is 5.73 Å². The highest BCUT2D eigenvalue weighted by Crippen LogP contribution is 2.42. The van der Waals surface area contributed by atoms with Gasteiger partial charge in [-0.2, -0.15) is 5.26 Å². The first-order chi connectivity index (χ1) is 11.7. The molecule has 2 aromatic rings. The molecule has 0 saturated carbocycles. The lowest BCUT2D eigenvalue weighted by Crippen LogP contribution is -2.22. The first-order valence-corrected chi connectivity index (χ1v) is 7.51. The lowest BCUT2D eigenvalue weighted by atomic mass is 9.83. The number of hydrogen-bond donors (Lipinski definition) is 2. The van der Waals surface area contributed by atoms with E-state index in [9.17, 15) is 10.1 Å². The lowest BCUT2D eigenvalue weighted by molar-refractivity contribution is -0.142. The number of ether oxygens (including phenoxy) is 2. The quantitative estimate of drug-likeness (QED) is 0.828. The molecule has 1 aliphatic heterocycles. The van der Waals surface area contributed by atoms with Crippen LogP contribution in [0.2, 0.25) is 0 Å². The summed E-state index contributed by atoms with van der Waals surface area (Å²) in [6.45, 7) is 2.04. The summed E-state index contributed by atoms with van der Waals surface area (Å²) in [5.41, 5.74) is 8.23. The number of nitrogens with zero attached hydrogens (tertiary/aromatic N) is 2. The number of carbonyl (C=O) groups is 1. The molecule has 1 aliphatic rings. The van der Waals surface area contributed by atoms with Gasteiger partial charge in [-0.15, -0.1) is 5.10 Å². The summed E-state index contributed by atoms with van der Waals surface area (Å²) in [6, 6.07) is 11.5. The lowest BCUT2D eigenvalue weighted by Gasteiger charge is -2.23. The van der Waals surface area contributed by atoms with Gasteiger partial charge in [-0.3, -0.25) is 9.89 Å². The molecule has 7 nitrogen and oxygen atoms in total. The van der Waals surface area contributed by atoms with Gasteiger partial charge in [-0.05, 0) is 12.5 Å². The van der Waals surface area contributed by atoms with Crippen molar-refractivity contribution >= 4 is 5.97 Å². The highest BCUT2D eigenvalue weighted by Gasteiger charge is 2.35. The van der Waals surface area contributed by atoms with Gasteiger partial charge < -0.3 is 15.2 Å². The molecule has 0 spiro atoms. The average molecular weight is 324 g/mol. The van der Waals surface area contributed by atoms with Crippen molar-refractivity contribution in [2.75, 3.05) is 6.61 Å². The van der Waals surface area contributed by atoms with Gasteiger partial charge in [-0.1, -0.05) is 30.3 Å². The van der Waals surface area contributed by atoms with Crippen molar-refractivity contribution < 1.29 is 14.3 Å². The third-order valence-corrected chi connectivity index (χ3v) is 3.78. The monoisotopic (exact) mass is 324 g/mol. The molecule has 24 heavy (non-hydrogen) atoms. The van der Waals surface area contributed by atoms with E-state index in [0.29, 0.717) is 23.4 Å². The molecular weight excluding hydrogens is 308 g/mol. The van der Waals surface area contributed by atoms with Gasteiger partial charge in [0.2, 0.25) is 11.8 Å². The van der Waals surface area contributed by atoms with Crippen molar-refractivity contribution in [3.05, 3.63) is 58.6 Å². The molecule has 0 fully saturated rings. The number of carbonyl (C=O) groups excluding carboxylic acids is 1. The van der Waals surface area contributed by atoms with E-state index in [1.54, 1.807) is 6.92 Å². The molecule has 0 amide bonds. The Morgan fingerprint density at radius 1 is 1.46 bits per heavy atom. The minimum Gasteiger partial charge on any atom is -0.466 e. The molecule has 1 aromatic carbocycles. The van der Waals surface area contributed by atoms with Crippen LogP contribution in [0.3, 0.4) is 0 Å². The van der Waals surface area contributed by atoms with Crippen molar-refractivity contribution in [3.8, 4) is 11.9 Å². The maximum absolute atomic E-state index is 11.8. The number of hydrogen-bond acceptors (Lipinski definition) is 6. The number of aromatic nitrogens is 2. The van der Waals surface area contributed by atoms with Crippen LogP contribution >= 0.6 is 0 Å². The van der Waals surface area contributed by atoms with Gasteiger partial charge >= 0.3 is 5.97 Å². The maximum atomic E-state index is 11.8. The SMILES string of the molecule is CCOC(=O)Cc1[nH]nc2c1C(c1ccccc1)C(C#N)=C(N)O2. The Morgan fingerprint density at radius 3 is 2.88 bits per heavy atom. The Balaban J connectivity index is 2.09. The molecule has 0 saturated heterocycles. The summed E-state index contributed by atoms with van der Waals surface area (Å²) in [5, 5.41) is 16.4. The van der Waals surface area contributed by atoms with E-state index < -0.39 is 5.92 Å². The highest BCUT2D eigenvalue weighted by molar-refractivity contribution is 5.73. The molecule has 0 bridgehead atoms. The standard InChI is InChI=1S/C17H16N4O3/c1-2-23-13(22)8-12-15-14(10-6-4-3-5-7-10)11(9-18)16(19)24-17(15)21-20-12/h3-7,14H,2,8,19H2,1H3,(H,20,21). The average Bonchev–Trinajstić information content (AvgIpc) is 2.96. The Hall–Kier alpha value is -3.27. The molecule has 1 unspecified atom stereocenters. The number of rotatable bonds is 4. The molecule has 1 atom stereocenters. The van der Waals surface area contributed by atoms with Crippen LogP contribution in [0.25, 0.3) is 0 Å². The number of H-pyrrole nitrogens is 1. The van der Waals surface area contributed by atoms with Crippen LogP contribution in [-0.4, -0.2) is 22.8 Å². The van der Waals surface area contributed by atoms with E-state index in [1.165, 1.54) is 0 Å². The largest absolute Gasteiger partial charge is 0.466 e. The van der Waals surface area contributed by atoms with Crippen LogP contribution in [0.4, 0.5) is 0 Å². The summed E-state index contributed by atoms with van der Waals surface area (Å²) in [5.74, 6) is -0.521. The summed E-state index contributed by atoms with van der Waals surface area (Å²) in [7, 11) is 0. The van der Waals surface area contributed by atoms with E-state index >= 15 is 0 Å². The van der Waals surface area contributed by atoms with Gasteiger partial charge in [0.05, 0.1) is 30.2 Å². The number of allylic oxidation sites excluding steroid dienone is 1. The van der Waals surface area contributed by atoms with Crippen LogP contribution in [-0.2, 0) is 16.0 Å². The topological polar surface area (TPSA) is 114 Å². The molecule has 3 N–H and O–H groups in total. The molecule has 122 valence electrons. The minimum absolute atomic E-state index is 0.0154. The zero-order valence-electron chi connectivity index (χ0n) is 13.1. The normalized spacial score (nSPS) is 16.1. The zero-order chi connectivity index (χ0) is 17.1. The fraction of sp³-hybridized carbons (Fsp3) is 0.235. The molecule has 7 heteroatoms. The Labute approximate surface area is 138 Å². The van der Waals surface area contributed by atoms with Crippen LogP contribution in [0.5, 0.6) is 5.88 Å². The first-order valence-electron chi connectivity index (χ1n) is 7.51. The summed E-state index contributed by atoms with van der Waals surface area (Å²) < 4.78 is 10.4. The number of fused-ring (bicyclic) bond motifs is 1. The molecular formula is C17H16N4O3. The first kappa shape index (κ1) is 15.6. The number of nitriles is 1. The minimum atomic E-state index is -0.442. The second-order valence-electron chi connectivity index (χ2n) is 5.24. The molecule has 3 rings (SSSR count).